The molecule has 1 fully saturated rings. The molecule has 0 aromatic rings. The van der Waals surface area contributed by atoms with Crippen LogP contribution in [-0.2, 0) is 14.3 Å². The average Bonchev–Trinajstić information content (AvgIpc) is 2.42. The lowest BCUT2D eigenvalue weighted by atomic mass is 9.99. The molecule has 0 amide bonds. The molecule has 0 aliphatic carbocycles. The first-order valence-electron chi connectivity index (χ1n) is 6.17. The van der Waals surface area contributed by atoms with Crippen molar-refractivity contribution in [2.75, 3.05) is 13.2 Å². The minimum atomic E-state index is -1.50. The predicted octanol–water partition coefficient (Wildman–Crippen LogP) is -1.78. The maximum Gasteiger partial charge on any atom is 0.303 e. The van der Waals surface area contributed by atoms with Crippen molar-refractivity contribution in [1.29, 1.82) is 0 Å². The second kappa shape index (κ2) is 7.67. The number of aliphatic hydroxyl groups excluding tert-OH is 4. The van der Waals surface area contributed by atoms with Crippen molar-refractivity contribution in [3.05, 3.63) is 12.2 Å². The van der Waals surface area contributed by atoms with Gasteiger partial charge >= 0.3 is 5.97 Å². The van der Waals surface area contributed by atoms with E-state index >= 15 is 0 Å². The molecule has 0 saturated carbocycles. The van der Waals surface area contributed by atoms with Gasteiger partial charge in [-0.1, -0.05) is 12.2 Å². The number of hydrogen-bond acceptors (Lipinski definition) is 7. The molecule has 20 heavy (non-hydrogen) atoms. The highest BCUT2D eigenvalue weighted by atomic mass is 16.7. The second-order valence-corrected chi connectivity index (χ2v) is 4.65. The Bertz CT molecular complexity index is 342. The van der Waals surface area contributed by atoms with Crippen LogP contribution in [0.15, 0.2) is 12.2 Å². The van der Waals surface area contributed by atoms with Crippen LogP contribution in [0.4, 0.5) is 0 Å². The molecule has 116 valence electrons. The van der Waals surface area contributed by atoms with Gasteiger partial charge in [0, 0.05) is 6.42 Å². The minimum absolute atomic E-state index is 0.0596. The Morgan fingerprint density at radius 3 is 2.35 bits per heavy atom. The summed E-state index contributed by atoms with van der Waals surface area (Å²) >= 11 is 0. The van der Waals surface area contributed by atoms with Crippen molar-refractivity contribution >= 4 is 5.97 Å². The third kappa shape index (κ3) is 4.51. The maximum atomic E-state index is 10.4. The summed E-state index contributed by atoms with van der Waals surface area (Å²) in [6, 6.07) is 0. The van der Waals surface area contributed by atoms with Crippen LogP contribution in [0.3, 0.4) is 0 Å². The van der Waals surface area contributed by atoms with E-state index in [1.807, 2.05) is 0 Å². The van der Waals surface area contributed by atoms with E-state index in [1.165, 1.54) is 0 Å². The van der Waals surface area contributed by atoms with E-state index < -0.39 is 43.3 Å². The van der Waals surface area contributed by atoms with Crippen molar-refractivity contribution in [2.45, 2.75) is 43.5 Å². The molecule has 0 radical (unpaired) electrons. The van der Waals surface area contributed by atoms with E-state index in [0.717, 1.165) is 0 Å². The number of carboxylic acids is 1. The summed E-state index contributed by atoms with van der Waals surface area (Å²) in [5.74, 6) is -0.959. The first kappa shape index (κ1) is 17.0. The Morgan fingerprint density at radius 2 is 1.80 bits per heavy atom. The zero-order chi connectivity index (χ0) is 15.3. The van der Waals surface area contributed by atoms with Crippen LogP contribution in [0.2, 0.25) is 0 Å². The minimum Gasteiger partial charge on any atom is -0.481 e. The van der Waals surface area contributed by atoms with Crippen LogP contribution in [0.5, 0.6) is 0 Å². The molecular formula is C12H20O8. The Hall–Kier alpha value is -1.03. The lowest BCUT2D eigenvalue weighted by Crippen LogP contribution is -2.59. The third-order valence-corrected chi connectivity index (χ3v) is 2.99. The highest BCUT2D eigenvalue weighted by Gasteiger charge is 2.43. The predicted molar refractivity (Wildman–Crippen MR) is 65.7 cm³/mol. The second-order valence-electron chi connectivity index (χ2n) is 4.65. The zero-order valence-electron chi connectivity index (χ0n) is 10.9. The molecule has 0 aromatic heterocycles. The molecule has 5 N–H and O–H groups in total. The number of rotatable bonds is 7. The monoisotopic (exact) mass is 292 g/mol. The molecule has 1 rings (SSSR count). The fraction of sp³-hybridized carbons (Fsp3) is 0.750. The molecule has 5 atom stereocenters. The average molecular weight is 292 g/mol. The van der Waals surface area contributed by atoms with Crippen LogP contribution >= 0.6 is 0 Å². The molecule has 1 aliphatic rings. The first-order valence-corrected chi connectivity index (χ1v) is 6.17. The summed E-state index contributed by atoms with van der Waals surface area (Å²) in [6.07, 6.45) is -6.55. The molecule has 0 unspecified atom stereocenters. The fourth-order valence-corrected chi connectivity index (χ4v) is 1.76. The summed E-state index contributed by atoms with van der Waals surface area (Å²) < 4.78 is 10.3. The number of carboxylic acid groups (broad SMARTS) is 1. The topological polar surface area (TPSA) is 137 Å². The highest BCUT2D eigenvalue weighted by Crippen LogP contribution is 2.22. The quantitative estimate of drug-likeness (QED) is 0.347. The number of carbonyl (C=O) groups is 1. The number of hydrogen-bond donors (Lipinski definition) is 5. The lowest BCUT2D eigenvalue weighted by molar-refractivity contribution is -0.299. The van der Waals surface area contributed by atoms with Gasteiger partial charge in [-0.2, -0.15) is 0 Å². The molecule has 1 heterocycles. The first-order chi connectivity index (χ1) is 9.36. The maximum absolute atomic E-state index is 10.4. The molecule has 1 saturated heterocycles. The molecular weight excluding hydrogens is 272 g/mol. The summed E-state index contributed by atoms with van der Waals surface area (Å²) in [5, 5.41) is 46.3. The summed E-state index contributed by atoms with van der Waals surface area (Å²) in [7, 11) is 0. The van der Waals surface area contributed by atoms with Gasteiger partial charge < -0.3 is 35.0 Å². The fourth-order valence-electron chi connectivity index (χ4n) is 1.76. The van der Waals surface area contributed by atoms with Gasteiger partial charge in [0.05, 0.1) is 13.2 Å². The zero-order valence-corrected chi connectivity index (χ0v) is 10.9. The van der Waals surface area contributed by atoms with Crippen molar-refractivity contribution in [3.63, 3.8) is 0 Å². The molecule has 0 aromatic carbocycles. The standard InChI is InChI=1S/C12H20O8/c1-6(2-3-8(14)15)5-19-12-11(18)10(17)9(16)7(4-13)20-12/h7,9-13,16-18H,1-5H2,(H,14,15)/t7-,9-,10+,11-,12-/m1/s1. The van der Waals surface area contributed by atoms with E-state index in [2.05, 4.69) is 6.58 Å². The van der Waals surface area contributed by atoms with E-state index in [1.54, 1.807) is 0 Å². The van der Waals surface area contributed by atoms with Gasteiger partial charge in [0.15, 0.2) is 6.29 Å². The molecule has 0 bridgehead atoms. The Balaban J connectivity index is 2.46. The van der Waals surface area contributed by atoms with Crippen molar-refractivity contribution < 1.29 is 39.8 Å². The van der Waals surface area contributed by atoms with Gasteiger partial charge in [0.25, 0.3) is 0 Å². The van der Waals surface area contributed by atoms with Crippen LogP contribution in [0.1, 0.15) is 12.8 Å². The lowest BCUT2D eigenvalue weighted by Gasteiger charge is -2.39. The SMILES string of the molecule is C=C(CCC(=O)O)CO[C@@H]1O[C@H](CO)[C@@H](O)[C@H](O)[C@H]1O. The molecule has 8 heteroatoms. The smallest absolute Gasteiger partial charge is 0.303 e. The van der Waals surface area contributed by atoms with E-state index in [0.29, 0.717) is 5.57 Å². The van der Waals surface area contributed by atoms with E-state index in [9.17, 15) is 20.1 Å². The molecule has 0 spiro atoms. The molecule has 1 aliphatic heterocycles. The largest absolute Gasteiger partial charge is 0.481 e. The third-order valence-electron chi connectivity index (χ3n) is 2.99. The van der Waals surface area contributed by atoms with Crippen molar-refractivity contribution in [3.8, 4) is 0 Å². The highest BCUT2D eigenvalue weighted by molar-refractivity contribution is 5.66. The normalized spacial score (nSPS) is 33.9. The van der Waals surface area contributed by atoms with E-state index in [4.69, 9.17) is 19.7 Å². The van der Waals surface area contributed by atoms with Gasteiger partial charge in [0.2, 0.25) is 0 Å². The van der Waals surface area contributed by atoms with Crippen LogP contribution < -0.4 is 0 Å². The molecule has 8 nitrogen and oxygen atoms in total. The van der Waals surface area contributed by atoms with Gasteiger partial charge in [0.1, 0.15) is 24.4 Å². The van der Waals surface area contributed by atoms with Gasteiger partial charge in [-0.3, -0.25) is 4.79 Å². The van der Waals surface area contributed by atoms with E-state index in [-0.39, 0.29) is 19.4 Å². The Morgan fingerprint density at radius 1 is 1.15 bits per heavy atom. The summed E-state index contributed by atoms with van der Waals surface area (Å²) in [5.41, 5.74) is 0.490. The van der Waals surface area contributed by atoms with Gasteiger partial charge in [-0.15, -0.1) is 0 Å². The number of aliphatic carboxylic acids is 1. The number of ether oxygens (including phenoxy) is 2. The van der Waals surface area contributed by atoms with Crippen LogP contribution in [-0.4, -0.2) is 75.4 Å². The summed E-state index contributed by atoms with van der Waals surface area (Å²) in [4.78, 5) is 10.4. The van der Waals surface area contributed by atoms with Crippen LogP contribution in [0.25, 0.3) is 0 Å². The van der Waals surface area contributed by atoms with Gasteiger partial charge in [-0.25, -0.2) is 0 Å². The Labute approximate surface area is 115 Å². The summed E-state index contributed by atoms with van der Waals surface area (Å²) in [6.45, 7) is 3.03. The number of aliphatic hydroxyl groups is 4. The Kier molecular flexibility index (Phi) is 6.53. The van der Waals surface area contributed by atoms with Crippen molar-refractivity contribution in [2.24, 2.45) is 0 Å². The van der Waals surface area contributed by atoms with Crippen LogP contribution in [0, 0.1) is 0 Å². The van der Waals surface area contributed by atoms with Crippen molar-refractivity contribution in [1.82, 2.24) is 0 Å². The van der Waals surface area contributed by atoms with Gasteiger partial charge in [-0.05, 0) is 6.42 Å².